The van der Waals surface area contributed by atoms with Crippen molar-refractivity contribution in [2.24, 2.45) is 0 Å². The molecule has 0 saturated carbocycles. The van der Waals surface area contributed by atoms with Gasteiger partial charge < -0.3 is 4.74 Å². The summed E-state index contributed by atoms with van der Waals surface area (Å²) < 4.78 is 5.59. The normalized spacial score (nSPS) is 10.1. The van der Waals surface area contributed by atoms with E-state index in [2.05, 4.69) is 26.1 Å². The number of halogens is 2. The van der Waals surface area contributed by atoms with Gasteiger partial charge in [-0.1, -0.05) is 11.6 Å². The average molecular weight is 237 g/mol. The van der Waals surface area contributed by atoms with E-state index in [1.54, 1.807) is 13.2 Å². The topological polar surface area (TPSA) is 35.0 Å². The van der Waals surface area contributed by atoms with Crippen LogP contribution in [0.3, 0.4) is 0 Å². The predicted molar refractivity (Wildman–Crippen MR) is 45.5 cm³/mol. The van der Waals surface area contributed by atoms with Crippen LogP contribution >= 0.6 is 27.5 Å². The first-order chi connectivity index (χ1) is 5.24. The maximum absolute atomic E-state index is 5.62. The van der Waals surface area contributed by atoms with Crippen molar-refractivity contribution in [3.63, 3.8) is 0 Å². The Morgan fingerprint density at radius 1 is 1.64 bits per heavy atom. The Hall–Kier alpha value is -0.190. The zero-order chi connectivity index (χ0) is 8.27. The van der Waals surface area contributed by atoms with Gasteiger partial charge in [0.05, 0.1) is 16.8 Å². The fourth-order valence-electron chi connectivity index (χ4n) is 0.609. The molecule has 0 atom stereocenters. The smallest absolute Gasteiger partial charge is 0.165 e. The lowest BCUT2D eigenvalue weighted by atomic mass is 10.4. The number of hydrogen-bond acceptors (Lipinski definition) is 3. The lowest BCUT2D eigenvalue weighted by Gasteiger charge is -1.98. The third-order valence-electron chi connectivity index (χ3n) is 1.05. The fraction of sp³-hybridized carbons (Fsp3) is 0.333. The van der Waals surface area contributed by atoms with Gasteiger partial charge in [-0.05, 0) is 22.0 Å². The van der Waals surface area contributed by atoms with Crippen LogP contribution in [0.25, 0.3) is 0 Å². The van der Waals surface area contributed by atoms with Crippen molar-refractivity contribution in [2.45, 2.75) is 6.61 Å². The lowest BCUT2D eigenvalue weighted by Crippen LogP contribution is -1.94. The highest BCUT2D eigenvalue weighted by atomic mass is 79.9. The molecule has 0 bridgehead atoms. The van der Waals surface area contributed by atoms with Crippen LogP contribution in [0, 0.1) is 0 Å². The molecule has 1 aromatic rings. The van der Waals surface area contributed by atoms with Crippen LogP contribution in [0.2, 0.25) is 5.15 Å². The Kier molecular flexibility index (Phi) is 3.23. The van der Waals surface area contributed by atoms with Gasteiger partial charge >= 0.3 is 0 Å². The van der Waals surface area contributed by atoms with Crippen LogP contribution in [0.4, 0.5) is 0 Å². The molecular formula is C6H6BrClN2O. The highest BCUT2D eigenvalue weighted by Gasteiger charge is 2.00. The molecule has 1 aromatic heterocycles. The van der Waals surface area contributed by atoms with Gasteiger partial charge in [-0.3, -0.25) is 0 Å². The number of methoxy groups -OCH3 is 1. The SMILES string of the molecule is COCc1cc(Br)c(Cl)nn1. The van der Waals surface area contributed by atoms with Crippen LogP contribution in [0.5, 0.6) is 0 Å². The maximum atomic E-state index is 5.62. The van der Waals surface area contributed by atoms with Crippen molar-refractivity contribution in [3.05, 3.63) is 21.4 Å². The van der Waals surface area contributed by atoms with E-state index in [-0.39, 0.29) is 0 Å². The minimum Gasteiger partial charge on any atom is -0.378 e. The van der Waals surface area contributed by atoms with Gasteiger partial charge in [0.15, 0.2) is 5.15 Å². The second-order valence-electron chi connectivity index (χ2n) is 1.91. The molecule has 0 saturated heterocycles. The lowest BCUT2D eigenvalue weighted by molar-refractivity contribution is 0.180. The molecule has 0 aromatic carbocycles. The van der Waals surface area contributed by atoms with E-state index in [0.717, 1.165) is 10.2 Å². The highest BCUT2D eigenvalue weighted by molar-refractivity contribution is 9.10. The minimum atomic E-state index is 0.366. The number of nitrogens with zero attached hydrogens (tertiary/aromatic N) is 2. The molecule has 0 N–H and O–H groups in total. The van der Waals surface area contributed by atoms with Crippen molar-refractivity contribution in [1.29, 1.82) is 0 Å². The van der Waals surface area contributed by atoms with Crippen molar-refractivity contribution in [2.75, 3.05) is 7.11 Å². The van der Waals surface area contributed by atoms with E-state index in [9.17, 15) is 0 Å². The first kappa shape index (κ1) is 8.90. The highest BCUT2D eigenvalue weighted by Crippen LogP contribution is 2.18. The van der Waals surface area contributed by atoms with E-state index >= 15 is 0 Å². The minimum absolute atomic E-state index is 0.366. The number of aromatic nitrogens is 2. The van der Waals surface area contributed by atoms with Gasteiger partial charge in [0, 0.05) is 7.11 Å². The second kappa shape index (κ2) is 3.99. The Morgan fingerprint density at radius 2 is 2.36 bits per heavy atom. The van der Waals surface area contributed by atoms with Crippen molar-refractivity contribution in [3.8, 4) is 0 Å². The summed E-state index contributed by atoms with van der Waals surface area (Å²) in [7, 11) is 1.60. The molecule has 1 heterocycles. The Balaban J connectivity index is 2.86. The average Bonchev–Trinajstić information content (AvgIpc) is 1.98. The monoisotopic (exact) mass is 236 g/mol. The summed E-state index contributed by atoms with van der Waals surface area (Å²) in [4.78, 5) is 0. The number of hydrogen-bond donors (Lipinski definition) is 0. The zero-order valence-corrected chi connectivity index (χ0v) is 8.18. The van der Waals surface area contributed by atoms with Crippen molar-refractivity contribution < 1.29 is 4.74 Å². The van der Waals surface area contributed by atoms with Crippen molar-refractivity contribution >= 4 is 27.5 Å². The number of ether oxygens (including phenoxy) is 1. The van der Waals surface area contributed by atoms with Crippen LogP contribution < -0.4 is 0 Å². The van der Waals surface area contributed by atoms with Gasteiger partial charge in [-0.25, -0.2) is 0 Å². The zero-order valence-electron chi connectivity index (χ0n) is 5.84. The van der Waals surface area contributed by atoms with E-state index in [1.165, 1.54) is 0 Å². The first-order valence-corrected chi connectivity index (χ1v) is 4.07. The molecular weight excluding hydrogens is 231 g/mol. The molecule has 0 aliphatic heterocycles. The Morgan fingerprint density at radius 3 is 2.91 bits per heavy atom. The van der Waals surface area contributed by atoms with E-state index in [4.69, 9.17) is 16.3 Å². The molecule has 0 aliphatic carbocycles. The molecule has 0 fully saturated rings. The quantitative estimate of drug-likeness (QED) is 0.789. The van der Waals surface area contributed by atoms with Crippen LogP contribution in [0.15, 0.2) is 10.5 Å². The van der Waals surface area contributed by atoms with Gasteiger partial charge in [0.25, 0.3) is 0 Å². The van der Waals surface area contributed by atoms with Gasteiger partial charge in [-0.2, -0.15) is 5.10 Å². The molecule has 0 unspecified atom stereocenters. The summed E-state index contributed by atoms with van der Waals surface area (Å²) in [6, 6.07) is 1.78. The van der Waals surface area contributed by atoms with Gasteiger partial charge in [0.2, 0.25) is 0 Å². The summed E-state index contributed by atoms with van der Waals surface area (Å²) in [5.74, 6) is 0. The summed E-state index contributed by atoms with van der Waals surface area (Å²) in [5, 5.41) is 7.84. The third-order valence-corrected chi connectivity index (χ3v) is 2.16. The Labute approximate surface area is 77.9 Å². The van der Waals surface area contributed by atoms with E-state index < -0.39 is 0 Å². The van der Waals surface area contributed by atoms with Gasteiger partial charge in [0.1, 0.15) is 0 Å². The molecule has 5 heteroatoms. The van der Waals surface area contributed by atoms with E-state index in [1.807, 2.05) is 0 Å². The molecule has 0 aliphatic rings. The fourth-order valence-corrected chi connectivity index (χ4v) is 1.04. The standard InChI is InChI=1S/C6H6BrClN2O/c1-11-3-4-2-5(7)6(8)10-9-4/h2H,3H2,1H3. The molecule has 0 radical (unpaired) electrons. The molecule has 1 rings (SSSR count). The predicted octanol–water partition coefficient (Wildman–Crippen LogP) is 2.04. The molecule has 0 spiro atoms. The summed E-state index contributed by atoms with van der Waals surface area (Å²) in [5.41, 5.74) is 0.753. The third kappa shape index (κ3) is 2.39. The number of rotatable bonds is 2. The maximum Gasteiger partial charge on any atom is 0.165 e. The Bertz CT molecular complexity index is 256. The largest absolute Gasteiger partial charge is 0.378 e. The van der Waals surface area contributed by atoms with Crippen LogP contribution in [0.1, 0.15) is 5.69 Å². The second-order valence-corrected chi connectivity index (χ2v) is 3.12. The molecule has 60 valence electrons. The van der Waals surface area contributed by atoms with Crippen molar-refractivity contribution in [1.82, 2.24) is 10.2 Å². The summed E-state index contributed by atoms with van der Waals surface area (Å²) >= 11 is 8.85. The van der Waals surface area contributed by atoms with Crippen LogP contribution in [-0.2, 0) is 11.3 Å². The molecule has 11 heavy (non-hydrogen) atoms. The molecule has 0 amide bonds. The summed E-state index contributed by atoms with van der Waals surface area (Å²) in [6.45, 7) is 0.447. The van der Waals surface area contributed by atoms with Crippen LogP contribution in [-0.4, -0.2) is 17.3 Å². The molecule has 3 nitrogen and oxygen atoms in total. The van der Waals surface area contributed by atoms with Gasteiger partial charge in [-0.15, -0.1) is 5.10 Å². The van der Waals surface area contributed by atoms with E-state index in [0.29, 0.717) is 11.8 Å². The first-order valence-electron chi connectivity index (χ1n) is 2.90. The summed E-state index contributed by atoms with van der Waals surface area (Å²) in [6.07, 6.45) is 0.